The maximum absolute atomic E-state index is 11.7. The van der Waals surface area contributed by atoms with Gasteiger partial charge in [-0.2, -0.15) is 0 Å². The van der Waals surface area contributed by atoms with E-state index in [1.807, 2.05) is 12.1 Å². The minimum Gasteiger partial charge on any atom is -0.497 e. The number of ether oxygens (including phenoxy) is 1. The molecule has 1 aromatic rings. The van der Waals surface area contributed by atoms with Gasteiger partial charge in [0, 0.05) is 64.1 Å². The van der Waals surface area contributed by atoms with Gasteiger partial charge in [-0.1, -0.05) is 6.07 Å². The third-order valence-electron chi connectivity index (χ3n) is 5.87. The molecule has 1 aromatic carbocycles. The van der Waals surface area contributed by atoms with Gasteiger partial charge in [-0.25, -0.2) is 12.7 Å². The standard InChI is InChI=1S/C21H35N5O3S/c1-4-22-21(23-17-18-8-10-26(11-9-18)30(3,27)28)25-14-12-24(13-15-25)19-6-5-7-20(16-19)29-2/h5-7,16,18H,4,8-15,17H2,1-3H3,(H,22,23). The van der Waals surface area contributed by atoms with E-state index in [9.17, 15) is 8.42 Å². The quantitative estimate of drug-likeness (QED) is 0.536. The van der Waals surface area contributed by atoms with Crippen molar-refractivity contribution in [3.05, 3.63) is 24.3 Å². The molecule has 2 aliphatic rings. The Morgan fingerprint density at radius 3 is 2.47 bits per heavy atom. The molecule has 2 aliphatic heterocycles. The molecule has 0 amide bonds. The summed E-state index contributed by atoms with van der Waals surface area (Å²) in [4.78, 5) is 9.60. The Morgan fingerprint density at radius 2 is 1.87 bits per heavy atom. The van der Waals surface area contributed by atoms with Crippen molar-refractivity contribution in [2.24, 2.45) is 10.9 Å². The number of aliphatic imine (C=N–C) groups is 1. The van der Waals surface area contributed by atoms with Gasteiger partial charge in [0.2, 0.25) is 10.0 Å². The van der Waals surface area contributed by atoms with Gasteiger partial charge >= 0.3 is 0 Å². The lowest BCUT2D eigenvalue weighted by atomic mass is 9.98. The van der Waals surface area contributed by atoms with Gasteiger partial charge in [-0.3, -0.25) is 4.99 Å². The highest BCUT2D eigenvalue weighted by Crippen LogP contribution is 2.22. The smallest absolute Gasteiger partial charge is 0.211 e. The van der Waals surface area contributed by atoms with E-state index in [0.717, 1.165) is 63.8 Å². The summed E-state index contributed by atoms with van der Waals surface area (Å²) in [5, 5.41) is 3.43. The molecule has 168 valence electrons. The summed E-state index contributed by atoms with van der Waals surface area (Å²) < 4.78 is 30.3. The van der Waals surface area contributed by atoms with Crippen molar-refractivity contribution in [1.29, 1.82) is 0 Å². The molecule has 2 fully saturated rings. The fourth-order valence-electron chi connectivity index (χ4n) is 4.05. The van der Waals surface area contributed by atoms with Crippen LogP contribution in [0.1, 0.15) is 19.8 Å². The van der Waals surface area contributed by atoms with Crippen molar-refractivity contribution in [1.82, 2.24) is 14.5 Å². The van der Waals surface area contributed by atoms with Gasteiger partial charge in [0.15, 0.2) is 5.96 Å². The van der Waals surface area contributed by atoms with Crippen LogP contribution in [0.2, 0.25) is 0 Å². The van der Waals surface area contributed by atoms with Crippen LogP contribution in [0.25, 0.3) is 0 Å². The zero-order valence-corrected chi connectivity index (χ0v) is 19.2. The number of piperidine rings is 1. The molecule has 1 N–H and O–H groups in total. The number of piperazine rings is 1. The highest BCUT2D eigenvalue weighted by atomic mass is 32.2. The van der Waals surface area contributed by atoms with E-state index in [2.05, 4.69) is 34.2 Å². The second kappa shape index (κ2) is 10.3. The van der Waals surface area contributed by atoms with Gasteiger partial charge < -0.3 is 19.9 Å². The summed E-state index contributed by atoms with van der Waals surface area (Å²) in [5.74, 6) is 2.29. The normalized spacial score (nSPS) is 19.8. The number of methoxy groups -OCH3 is 1. The summed E-state index contributed by atoms with van der Waals surface area (Å²) in [6.07, 6.45) is 3.04. The lowest BCUT2D eigenvalue weighted by Gasteiger charge is -2.38. The molecule has 2 saturated heterocycles. The van der Waals surface area contributed by atoms with E-state index in [0.29, 0.717) is 19.0 Å². The second-order valence-electron chi connectivity index (χ2n) is 7.98. The average Bonchev–Trinajstić information content (AvgIpc) is 2.76. The molecule has 0 unspecified atom stereocenters. The minimum atomic E-state index is -3.07. The second-order valence-corrected chi connectivity index (χ2v) is 9.96. The number of hydrogen-bond acceptors (Lipinski definition) is 5. The van der Waals surface area contributed by atoms with Crippen LogP contribution < -0.4 is 15.0 Å². The summed E-state index contributed by atoms with van der Waals surface area (Å²) in [5.41, 5.74) is 1.19. The molecule has 0 aromatic heterocycles. The Balaban J connectivity index is 1.54. The molecule has 9 heteroatoms. The average molecular weight is 438 g/mol. The van der Waals surface area contributed by atoms with Gasteiger partial charge in [0.1, 0.15) is 5.75 Å². The molecular weight excluding hydrogens is 402 g/mol. The first-order valence-electron chi connectivity index (χ1n) is 10.8. The zero-order valence-electron chi connectivity index (χ0n) is 18.4. The lowest BCUT2D eigenvalue weighted by molar-refractivity contribution is 0.279. The maximum atomic E-state index is 11.7. The van der Waals surface area contributed by atoms with E-state index in [1.165, 1.54) is 11.9 Å². The Labute approximate surface area is 180 Å². The van der Waals surface area contributed by atoms with Crippen LogP contribution in [0.3, 0.4) is 0 Å². The summed E-state index contributed by atoms with van der Waals surface area (Å²) in [7, 11) is -1.38. The summed E-state index contributed by atoms with van der Waals surface area (Å²) in [6, 6.07) is 8.20. The van der Waals surface area contributed by atoms with E-state index >= 15 is 0 Å². The van der Waals surface area contributed by atoms with Crippen LogP contribution in [0, 0.1) is 5.92 Å². The van der Waals surface area contributed by atoms with E-state index in [1.54, 1.807) is 11.4 Å². The molecule has 0 aliphatic carbocycles. The maximum Gasteiger partial charge on any atom is 0.211 e. The van der Waals surface area contributed by atoms with Gasteiger partial charge in [-0.05, 0) is 37.8 Å². The van der Waals surface area contributed by atoms with Crippen molar-refractivity contribution in [3.63, 3.8) is 0 Å². The Bertz CT molecular complexity index is 814. The van der Waals surface area contributed by atoms with Crippen LogP contribution in [0.4, 0.5) is 5.69 Å². The fourth-order valence-corrected chi connectivity index (χ4v) is 4.92. The largest absolute Gasteiger partial charge is 0.497 e. The van der Waals surface area contributed by atoms with Crippen LogP contribution in [0.5, 0.6) is 5.75 Å². The first kappa shape index (κ1) is 22.7. The lowest BCUT2D eigenvalue weighted by Crippen LogP contribution is -2.52. The third kappa shape index (κ3) is 6.01. The zero-order chi connectivity index (χ0) is 21.6. The number of rotatable bonds is 6. The summed E-state index contributed by atoms with van der Waals surface area (Å²) in [6.45, 7) is 8.58. The van der Waals surface area contributed by atoms with Crippen LogP contribution in [0.15, 0.2) is 29.3 Å². The number of guanidine groups is 1. The highest BCUT2D eigenvalue weighted by Gasteiger charge is 2.25. The highest BCUT2D eigenvalue weighted by molar-refractivity contribution is 7.88. The van der Waals surface area contributed by atoms with Crippen molar-refractivity contribution < 1.29 is 13.2 Å². The van der Waals surface area contributed by atoms with Crippen LogP contribution in [-0.4, -0.2) is 89.3 Å². The monoisotopic (exact) mass is 437 g/mol. The topological polar surface area (TPSA) is 77.5 Å². The van der Waals surface area contributed by atoms with Crippen LogP contribution in [-0.2, 0) is 10.0 Å². The number of hydrogen-bond donors (Lipinski definition) is 1. The fraction of sp³-hybridized carbons (Fsp3) is 0.667. The van der Waals surface area contributed by atoms with Crippen molar-refractivity contribution >= 4 is 21.7 Å². The van der Waals surface area contributed by atoms with Crippen molar-refractivity contribution in [2.45, 2.75) is 19.8 Å². The number of sulfonamides is 1. The molecule has 0 saturated carbocycles. The SMILES string of the molecule is CCNC(=NCC1CCN(S(C)(=O)=O)CC1)N1CCN(c2cccc(OC)c2)CC1. The molecular formula is C21H35N5O3S. The Hall–Kier alpha value is -2.00. The number of nitrogens with one attached hydrogen (secondary N) is 1. The first-order valence-corrected chi connectivity index (χ1v) is 12.6. The molecule has 0 bridgehead atoms. The predicted octanol–water partition coefficient (Wildman–Crippen LogP) is 1.45. The first-order chi connectivity index (χ1) is 14.4. The summed E-state index contributed by atoms with van der Waals surface area (Å²) >= 11 is 0. The number of anilines is 1. The van der Waals surface area contributed by atoms with E-state index in [-0.39, 0.29) is 0 Å². The molecule has 0 spiro atoms. The van der Waals surface area contributed by atoms with Gasteiger partial charge in [-0.15, -0.1) is 0 Å². The third-order valence-corrected chi connectivity index (χ3v) is 7.18. The molecule has 2 heterocycles. The molecule has 30 heavy (non-hydrogen) atoms. The molecule has 8 nitrogen and oxygen atoms in total. The Kier molecular flexibility index (Phi) is 7.82. The van der Waals surface area contributed by atoms with Crippen molar-refractivity contribution in [3.8, 4) is 5.75 Å². The van der Waals surface area contributed by atoms with E-state index in [4.69, 9.17) is 9.73 Å². The van der Waals surface area contributed by atoms with Crippen LogP contribution >= 0.6 is 0 Å². The van der Waals surface area contributed by atoms with Crippen molar-refractivity contribution in [2.75, 3.05) is 70.6 Å². The van der Waals surface area contributed by atoms with Gasteiger partial charge in [0.25, 0.3) is 0 Å². The molecule has 0 radical (unpaired) electrons. The minimum absolute atomic E-state index is 0.440. The predicted molar refractivity (Wildman–Crippen MR) is 122 cm³/mol. The van der Waals surface area contributed by atoms with Gasteiger partial charge in [0.05, 0.1) is 13.4 Å². The molecule has 3 rings (SSSR count). The number of nitrogens with zero attached hydrogens (tertiary/aromatic N) is 4. The van der Waals surface area contributed by atoms with E-state index < -0.39 is 10.0 Å². The Morgan fingerprint density at radius 1 is 1.17 bits per heavy atom. The molecule has 0 atom stereocenters. The number of benzene rings is 1.